The molecule has 0 aromatic carbocycles. The lowest BCUT2D eigenvalue weighted by Gasteiger charge is -1.91. The third kappa shape index (κ3) is 2.16. The van der Waals surface area contributed by atoms with Gasteiger partial charge < -0.3 is 0 Å². The van der Waals surface area contributed by atoms with Crippen LogP contribution in [0.1, 0.15) is 11.8 Å². The van der Waals surface area contributed by atoms with E-state index in [0.717, 1.165) is 10.8 Å². The Kier molecular flexibility index (Phi) is 2.52. The van der Waals surface area contributed by atoms with Gasteiger partial charge in [0.05, 0.1) is 4.34 Å². The largest absolute Gasteiger partial charge is 0.128 e. The maximum atomic E-state index is 5.73. The summed E-state index contributed by atoms with van der Waals surface area (Å²) in [6.07, 6.45) is 0.956. The van der Waals surface area contributed by atoms with Crippen molar-refractivity contribution < 1.29 is 0 Å². The van der Waals surface area contributed by atoms with Gasteiger partial charge in [-0.25, -0.2) is 0 Å². The van der Waals surface area contributed by atoms with Gasteiger partial charge in [-0.15, -0.1) is 11.3 Å². The van der Waals surface area contributed by atoms with Gasteiger partial charge in [0.2, 0.25) is 0 Å². The highest BCUT2D eigenvalue weighted by molar-refractivity contribution is 7.16. The lowest BCUT2D eigenvalue weighted by Crippen LogP contribution is -1.77. The van der Waals surface area contributed by atoms with Crippen LogP contribution in [0.5, 0.6) is 0 Å². The van der Waals surface area contributed by atoms with Gasteiger partial charge in [0.15, 0.2) is 0 Å². The first kappa shape index (κ1) is 7.83. The van der Waals surface area contributed by atoms with Crippen molar-refractivity contribution in [3.63, 3.8) is 0 Å². The predicted molar refractivity (Wildman–Crippen MR) is 47.8 cm³/mol. The van der Waals surface area contributed by atoms with Gasteiger partial charge in [-0.1, -0.05) is 23.8 Å². The molecule has 0 saturated carbocycles. The Morgan fingerprint density at radius 3 is 2.80 bits per heavy atom. The number of hydrogen-bond donors (Lipinski definition) is 0. The van der Waals surface area contributed by atoms with Crippen molar-refractivity contribution in [3.8, 4) is 0 Å². The SMILES string of the molecule is C=C(C)Cc1ccc(Cl)s1. The number of thiophene rings is 1. The van der Waals surface area contributed by atoms with Crippen molar-refractivity contribution in [3.05, 3.63) is 33.5 Å². The van der Waals surface area contributed by atoms with Crippen LogP contribution in [-0.2, 0) is 6.42 Å². The third-order valence-electron chi connectivity index (χ3n) is 1.10. The molecule has 0 N–H and O–H groups in total. The van der Waals surface area contributed by atoms with Crippen LogP contribution >= 0.6 is 22.9 Å². The smallest absolute Gasteiger partial charge is 0.0931 e. The average Bonchev–Trinajstić information content (AvgIpc) is 2.13. The second-order valence-electron chi connectivity index (χ2n) is 2.34. The van der Waals surface area contributed by atoms with Gasteiger partial charge in [-0.2, -0.15) is 0 Å². The second-order valence-corrected chi connectivity index (χ2v) is 4.14. The molecule has 0 atom stereocenters. The van der Waals surface area contributed by atoms with Crippen molar-refractivity contribution >= 4 is 22.9 Å². The monoisotopic (exact) mass is 172 g/mol. The van der Waals surface area contributed by atoms with Gasteiger partial charge in [-0.05, 0) is 19.1 Å². The van der Waals surface area contributed by atoms with Crippen LogP contribution in [0.4, 0.5) is 0 Å². The molecule has 1 heterocycles. The van der Waals surface area contributed by atoms with Crippen LogP contribution in [0.3, 0.4) is 0 Å². The minimum Gasteiger partial charge on any atom is -0.128 e. The molecule has 0 fully saturated rings. The minimum absolute atomic E-state index is 0.858. The van der Waals surface area contributed by atoms with Crippen LogP contribution in [0.25, 0.3) is 0 Å². The van der Waals surface area contributed by atoms with Crippen molar-refractivity contribution in [2.75, 3.05) is 0 Å². The summed E-state index contributed by atoms with van der Waals surface area (Å²) >= 11 is 7.35. The molecule has 0 aliphatic carbocycles. The van der Waals surface area contributed by atoms with Crippen molar-refractivity contribution in [1.82, 2.24) is 0 Å². The molecular weight excluding hydrogens is 164 g/mol. The fraction of sp³-hybridized carbons (Fsp3) is 0.250. The Morgan fingerprint density at radius 1 is 1.70 bits per heavy atom. The molecule has 10 heavy (non-hydrogen) atoms. The molecular formula is C8H9ClS. The molecule has 0 amide bonds. The Morgan fingerprint density at radius 2 is 2.40 bits per heavy atom. The van der Waals surface area contributed by atoms with Gasteiger partial charge in [0.25, 0.3) is 0 Å². The van der Waals surface area contributed by atoms with E-state index in [-0.39, 0.29) is 0 Å². The van der Waals surface area contributed by atoms with Crippen LogP contribution < -0.4 is 0 Å². The fourth-order valence-corrected chi connectivity index (χ4v) is 1.95. The molecule has 1 aromatic heterocycles. The topological polar surface area (TPSA) is 0 Å². The lowest BCUT2D eigenvalue weighted by molar-refractivity contribution is 1.20. The molecule has 0 unspecified atom stereocenters. The van der Waals surface area contributed by atoms with Gasteiger partial charge in [0.1, 0.15) is 0 Å². The van der Waals surface area contributed by atoms with E-state index in [4.69, 9.17) is 11.6 Å². The van der Waals surface area contributed by atoms with E-state index in [0.29, 0.717) is 0 Å². The summed E-state index contributed by atoms with van der Waals surface area (Å²) in [5.74, 6) is 0. The van der Waals surface area contributed by atoms with E-state index in [1.165, 1.54) is 10.5 Å². The minimum atomic E-state index is 0.858. The van der Waals surface area contributed by atoms with Crippen molar-refractivity contribution in [2.24, 2.45) is 0 Å². The predicted octanol–water partition coefficient (Wildman–Crippen LogP) is 3.52. The van der Waals surface area contributed by atoms with Gasteiger partial charge in [0, 0.05) is 11.3 Å². The highest BCUT2D eigenvalue weighted by atomic mass is 35.5. The number of halogens is 1. The van der Waals surface area contributed by atoms with Crippen molar-refractivity contribution in [1.29, 1.82) is 0 Å². The van der Waals surface area contributed by atoms with Crippen LogP contribution in [0.2, 0.25) is 4.34 Å². The van der Waals surface area contributed by atoms with E-state index in [2.05, 4.69) is 6.58 Å². The molecule has 0 saturated heterocycles. The molecule has 0 aliphatic rings. The number of allylic oxidation sites excluding steroid dienone is 1. The zero-order valence-corrected chi connectivity index (χ0v) is 7.43. The van der Waals surface area contributed by atoms with Gasteiger partial charge in [-0.3, -0.25) is 0 Å². The summed E-state index contributed by atoms with van der Waals surface area (Å²) < 4.78 is 0.858. The normalized spacial score (nSPS) is 9.80. The summed E-state index contributed by atoms with van der Waals surface area (Å²) in [7, 11) is 0. The summed E-state index contributed by atoms with van der Waals surface area (Å²) in [6.45, 7) is 5.84. The standard InChI is InChI=1S/C8H9ClS/c1-6(2)5-7-3-4-8(9)10-7/h3-4H,1,5H2,2H3. The molecule has 0 nitrogen and oxygen atoms in total. The molecule has 1 aromatic rings. The molecule has 0 radical (unpaired) electrons. The van der Waals surface area contributed by atoms with E-state index < -0.39 is 0 Å². The fourth-order valence-electron chi connectivity index (χ4n) is 0.744. The zero-order valence-electron chi connectivity index (χ0n) is 5.86. The average molecular weight is 173 g/mol. The van der Waals surface area contributed by atoms with E-state index in [9.17, 15) is 0 Å². The quantitative estimate of drug-likeness (QED) is 0.599. The van der Waals surface area contributed by atoms with E-state index in [1.54, 1.807) is 11.3 Å². The van der Waals surface area contributed by atoms with E-state index >= 15 is 0 Å². The third-order valence-corrected chi connectivity index (χ3v) is 2.34. The van der Waals surface area contributed by atoms with Crippen LogP contribution in [-0.4, -0.2) is 0 Å². The van der Waals surface area contributed by atoms with Crippen LogP contribution in [0.15, 0.2) is 24.3 Å². The highest BCUT2D eigenvalue weighted by Gasteiger charge is 1.96. The molecule has 1 rings (SSSR count). The zero-order chi connectivity index (χ0) is 7.56. The molecule has 0 aliphatic heterocycles. The van der Waals surface area contributed by atoms with E-state index in [1.807, 2.05) is 19.1 Å². The summed E-state index contributed by atoms with van der Waals surface area (Å²) in [5, 5.41) is 0. The molecule has 0 bridgehead atoms. The Hall–Kier alpha value is -0.270. The number of rotatable bonds is 2. The second kappa shape index (κ2) is 3.22. The Labute approximate surface area is 70.1 Å². The summed E-state index contributed by atoms with van der Waals surface area (Å²) in [5.41, 5.74) is 1.18. The maximum absolute atomic E-state index is 5.73. The maximum Gasteiger partial charge on any atom is 0.0931 e. The lowest BCUT2D eigenvalue weighted by atomic mass is 10.2. The first-order valence-electron chi connectivity index (χ1n) is 3.07. The molecule has 54 valence electrons. The van der Waals surface area contributed by atoms with Crippen LogP contribution in [0, 0.1) is 0 Å². The first-order chi connectivity index (χ1) is 4.68. The summed E-state index contributed by atoms with van der Waals surface area (Å²) in [4.78, 5) is 1.29. The summed E-state index contributed by atoms with van der Waals surface area (Å²) in [6, 6.07) is 3.96. The van der Waals surface area contributed by atoms with Gasteiger partial charge >= 0.3 is 0 Å². The highest BCUT2D eigenvalue weighted by Crippen LogP contribution is 2.22. The Bertz CT molecular complexity index is 237. The molecule has 2 heteroatoms. The Balaban J connectivity index is 2.67. The van der Waals surface area contributed by atoms with Crippen molar-refractivity contribution in [2.45, 2.75) is 13.3 Å². The number of hydrogen-bond acceptors (Lipinski definition) is 1. The molecule has 0 spiro atoms. The first-order valence-corrected chi connectivity index (χ1v) is 4.26.